The highest BCUT2D eigenvalue weighted by Crippen LogP contribution is 2.35. The molecule has 13 heavy (non-hydrogen) atoms. The van der Waals surface area contributed by atoms with Crippen LogP contribution in [0.4, 0.5) is 0 Å². The minimum Gasteiger partial charge on any atom is -0.466 e. The molecule has 2 heteroatoms. The maximum atomic E-state index is 5.93. The standard InChI is InChI=1S/C11H17NO/c1-7-6-9-4-3-5-10(8(2)12)11(9)13-7/h6,8,10H,3-5,12H2,1-2H3. The molecule has 0 bridgehead atoms. The molecule has 1 aliphatic rings. The van der Waals surface area contributed by atoms with E-state index in [-0.39, 0.29) is 6.04 Å². The first kappa shape index (κ1) is 8.82. The van der Waals surface area contributed by atoms with Crippen LogP contribution in [0.5, 0.6) is 0 Å². The Balaban J connectivity index is 2.36. The maximum Gasteiger partial charge on any atom is 0.111 e. The van der Waals surface area contributed by atoms with Crippen LogP contribution >= 0.6 is 0 Å². The highest BCUT2D eigenvalue weighted by atomic mass is 16.3. The molecule has 0 spiro atoms. The molecule has 72 valence electrons. The van der Waals surface area contributed by atoms with Gasteiger partial charge in [0.15, 0.2) is 0 Å². The van der Waals surface area contributed by atoms with Crippen molar-refractivity contribution < 1.29 is 4.42 Å². The fraction of sp³-hybridized carbons (Fsp3) is 0.636. The normalized spacial score (nSPS) is 24.1. The number of fused-ring (bicyclic) bond motifs is 1. The van der Waals surface area contributed by atoms with E-state index in [1.54, 1.807) is 0 Å². The number of aryl methyl sites for hydroxylation is 2. The van der Waals surface area contributed by atoms with Crippen LogP contribution in [0.25, 0.3) is 0 Å². The monoisotopic (exact) mass is 179 g/mol. The Morgan fingerprint density at radius 1 is 1.62 bits per heavy atom. The third-order valence-corrected chi connectivity index (χ3v) is 2.90. The van der Waals surface area contributed by atoms with Gasteiger partial charge in [0.1, 0.15) is 11.5 Å². The quantitative estimate of drug-likeness (QED) is 0.718. The van der Waals surface area contributed by atoms with Gasteiger partial charge < -0.3 is 10.2 Å². The predicted octanol–water partition coefficient (Wildman–Crippen LogP) is 2.36. The molecule has 0 fully saturated rings. The molecule has 2 nitrogen and oxygen atoms in total. The van der Waals surface area contributed by atoms with Crippen molar-refractivity contribution in [3.63, 3.8) is 0 Å². The summed E-state index contributed by atoms with van der Waals surface area (Å²) in [5.41, 5.74) is 7.31. The smallest absolute Gasteiger partial charge is 0.111 e. The summed E-state index contributed by atoms with van der Waals surface area (Å²) in [6, 6.07) is 2.37. The first-order valence-corrected chi connectivity index (χ1v) is 5.03. The van der Waals surface area contributed by atoms with Gasteiger partial charge in [-0.05, 0) is 44.7 Å². The lowest BCUT2D eigenvalue weighted by Gasteiger charge is -2.23. The van der Waals surface area contributed by atoms with E-state index < -0.39 is 0 Å². The highest BCUT2D eigenvalue weighted by molar-refractivity contribution is 5.27. The summed E-state index contributed by atoms with van der Waals surface area (Å²) in [5, 5.41) is 0. The summed E-state index contributed by atoms with van der Waals surface area (Å²) < 4.78 is 5.70. The zero-order valence-electron chi connectivity index (χ0n) is 8.34. The second-order valence-electron chi connectivity index (χ2n) is 4.10. The zero-order chi connectivity index (χ0) is 9.42. The van der Waals surface area contributed by atoms with Crippen LogP contribution in [0.15, 0.2) is 10.5 Å². The fourth-order valence-electron chi connectivity index (χ4n) is 2.24. The van der Waals surface area contributed by atoms with Crippen LogP contribution < -0.4 is 5.73 Å². The first-order valence-electron chi connectivity index (χ1n) is 5.03. The molecule has 0 aromatic carbocycles. The van der Waals surface area contributed by atoms with E-state index in [9.17, 15) is 0 Å². The van der Waals surface area contributed by atoms with Crippen molar-refractivity contribution >= 4 is 0 Å². The van der Waals surface area contributed by atoms with E-state index in [0.717, 1.165) is 17.9 Å². The lowest BCUT2D eigenvalue weighted by atomic mass is 9.84. The number of furan rings is 1. The first-order chi connectivity index (χ1) is 6.18. The van der Waals surface area contributed by atoms with Gasteiger partial charge in [-0.15, -0.1) is 0 Å². The van der Waals surface area contributed by atoms with E-state index in [4.69, 9.17) is 10.2 Å². The summed E-state index contributed by atoms with van der Waals surface area (Å²) in [6.07, 6.45) is 3.59. The van der Waals surface area contributed by atoms with Gasteiger partial charge in [-0.25, -0.2) is 0 Å². The topological polar surface area (TPSA) is 39.2 Å². The Morgan fingerprint density at radius 2 is 2.38 bits per heavy atom. The van der Waals surface area contributed by atoms with E-state index in [2.05, 4.69) is 13.0 Å². The van der Waals surface area contributed by atoms with E-state index in [1.807, 2.05) is 6.92 Å². The van der Waals surface area contributed by atoms with E-state index >= 15 is 0 Å². The van der Waals surface area contributed by atoms with Gasteiger partial charge in [-0.3, -0.25) is 0 Å². The number of hydrogen-bond acceptors (Lipinski definition) is 2. The molecule has 1 heterocycles. The van der Waals surface area contributed by atoms with Gasteiger partial charge in [0.05, 0.1) is 0 Å². The van der Waals surface area contributed by atoms with E-state index in [0.29, 0.717) is 5.92 Å². The number of nitrogens with two attached hydrogens (primary N) is 1. The minimum absolute atomic E-state index is 0.213. The Hall–Kier alpha value is -0.760. The molecule has 0 aliphatic heterocycles. The number of rotatable bonds is 1. The lowest BCUT2D eigenvalue weighted by Crippen LogP contribution is -2.27. The summed E-state index contributed by atoms with van der Waals surface area (Å²) in [7, 11) is 0. The molecule has 0 saturated carbocycles. The van der Waals surface area contributed by atoms with Crippen molar-refractivity contribution in [1.82, 2.24) is 0 Å². The molecule has 2 atom stereocenters. The molecule has 1 aliphatic carbocycles. The van der Waals surface area contributed by atoms with Crippen molar-refractivity contribution in [3.05, 3.63) is 23.2 Å². The van der Waals surface area contributed by atoms with Gasteiger partial charge in [0.2, 0.25) is 0 Å². The van der Waals surface area contributed by atoms with Gasteiger partial charge in [0.25, 0.3) is 0 Å². The van der Waals surface area contributed by atoms with Crippen LogP contribution in [0, 0.1) is 6.92 Å². The van der Waals surface area contributed by atoms with Crippen molar-refractivity contribution in [3.8, 4) is 0 Å². The fourth-order valence-corrected chi connectivity index (χ4v) is 2.24. The molecular weight excluding hydrogens is 162 g/mol. The Bertz CT molecular complexity index is 301. The van der Waals surface area contributed by atoms with Crippen molar-refractivity contribution in [1.29, 1.82) is 0 Å². The van der Waals surface area contributed by atoms with Gasteiger partial charge in [-0.1, -0.05) is 0 Å². The Kier molecular flexibility index (Phi) is 2.16. The van der Waals surface area contributed by atoms with Crippen LogP contribution in [-0.2, 0) is 6.42 Å². The second-order valence-corrected chi connectivity index (χ2v) is 4.10. The number of hydrogen-bond donors (Lipinski definition) is 1. The molecule has 2 N–H and O–H groups in total. The van der Waals surface area contributed by atoms with Gasteiger partial charge >= 0.3 is 0 Å². The van der Waals surface area contributed by atoms with Gasteiger partial charge in [0, 0.05) is 12.0 Å². The van der Waals surface area contributed by atoms with Gasteiger partial charge in [-0.2, -0.15) is 0 Å². The van der Waals surface area contributed by atoms with Crippen LogP contribution in [0.3, 0.4) is 0 Å². The molecule has 0 saturated heterocycles. The van der Waals surface area contributed by atoms with Crippen LogP contribution in [0.1, 0.15) is 42.8 Å². The average molecular weight is 179 g/mol. The largest absolute Gasteiger partial charge is 0.466 e. The highest BCUT2D eigenvalue weighted by Gasteiger charge is 2.26. The van der Waals surface area contributed by atoms with Crippen LogP contribution in [0.2, 0.25) is 0 Å². The molecule has 0 amide bonds. The molecule has 0 radical (unpaired) electrons. The Morgan fingerprint density at radius 3 is 3.08 bits per heavy atom. The summed E-state index contributed by atoms with van der Waals surface area (Å²) in [5.74, 6) is 2.62. The van der Waals surface area contributed by atoms with Crippen molar-refractivity contribution in [2.75, 3.05) is 0 Å². The summed E-state index contributed by atoms with van der Waals surface area (Å²) in [4.78, 5) is 0. The van der Waals surface area contributed by atoms with Crippen molar-refractivity contribution in [2.24, 2.45) is 5.73 Å². The van der Waals surface area contributed by atoms with E-state index in [1.165, 1.54) is 18.4 Å². The van der Waals surface area contributed by atoms with Crippen molar-refractivity contribution in [2.45, 2.75) is 45.1 Å². The average Bonchev–Trinajstić information content (AvgIpc) is 2.43. The maximum absolute atomic E-state index is 5.93. The molecular formula is C11H17NO. The predicted molar refractivity (Wildman–Crippen MR) is 52.8 cm³/mol. The molecule has 1 aromatic heterocycles. The summed E-state index contributed by atoms with van der Waals surface area (Å²) >= 11 is 0. The SMILES string of the molecule is Cc1cc2c(o1)C(C(C)N)CCC2. The summed E-state index contributed by atoms with van der Waals surface area (Å²) in [6.45, 7) is 4.08. The second kappa shape index (κ2) is 3.18. The zero-order valence-corrected chi connectivity index (χ0v) is 8.34. The third kappa shape index (κ3) is 1.51. The Labute approximate surface area is 79.1 Å². The lowest BCUT2D eigenvalue weighted by molar-refractivity contribution is 0.374. The molecule has 2 unspecified atom stereocenters. The van der Waals surface area contributed by atoms with Crippen LogP contribution in [-0.4, -0.2) is 6.04 Å². The third-order valence-electron chi connectivity index (χ3n) is 2.90. The molecule has 2 rings (SSSR count). The molecule has 1 aromatic rings. The minimum atomic E-state index is 0.213.